The van der Waals surface area contributed by atoms with Gasteiger partial charge >= 0.3 is 0 Å². The highest BCUT2D eigenvalue weighted by atomic mass is 16.5. The van der Waals surface area contributed by atoms with E-state index in [1.807, 2.05) is 45.0 Å². The van der Waals surface area contributed by atoms with Gasteiger partial charge in [-0.05, 0) is 51.3 Å². The molecular weight excluding hydrogens is 264 g/mol. The van der Waals surface area contributed by atoms with Gasteiger partial charge in [0, 0.05) is 19.0 Å². The van der Waals surface area contributed by atoms with E-state index in [0.717, 1.165) is 17.9 Å². The van der Waals surface area contributed by atoms with E-state index in [2.05, 4.69) is 10.6 Å². The molecule has 1 aromatic rings. The highest BCUT2D eigenvalue weighted by molar-refractivity contribution is 5.76. The molecule has 116 valence electrons. The third-order valence-electron chi connectivity index (χ3n) is 3.47. The third-order valence-corrected chi connectivity index (χ3v) is 3.47. The van der Waals surface area contributed by atoms with Crippen LogP contribution in [-0.4, -0.2) is 24.6 Å². The van der Waals surface area contributed by atoms with Crippen molar-refractivity contribution in [3.8, 4) is 5.75 Å². The Kier molecular flexibility index (Phi) is 5.62. The maximum Gasteiger partial charge on any atom is 0.221 e. The van der Waals surface area contributed by atoms with Crippen molar-refractivity contribution in [3.63, 3.8) is 0 Å². The van der Waals surface area contributed by atoms with E-state index in [-0.39, 0.29) is 18.1 Å². The van der Waals surface area contributed by atoms with Gasteiger partial charge in [0.25, 0.3) is 0 Å². The average Bonchev–Trinajstić information content (AvgIpc) is 3.22. The van der Waals surface area contributed by atoms with Crippen molar-refractivity contribution in [2.45, 2.75) is 58.2 Å². The summed E-state index contributed by atoms with van der Waals surface area (Å²) in [6.07, 6.45) is 3.18. The van der Waals surface area contributed by atoms with Gasteiger partial charge < -0.3 is 15.4 Å². The summed E-state index contributed by atoms with van der Waals surface area (Å²) in [6.45, 7) is 6.77. The zero-order chi connectivity index (χ0) is 15.2. The van der Waals surface area contributed by atoms with Gasteiger partial charge in [-0.2, -0.15) is 0 Å². The number of hydrogen-bond donors (Lipinski definition) is 2. The van der Waals surface area contributed by atoms with E-state index < -0.39 is 0 Å². The van der Waals surface area contributed by atoms with Crippen molar-refractivity contribution >= 4 is 5.91 Å². The van der Waals surface area contributed by atoms with Gasteiger partial charge in [-0.15, -0.1) is 0 Å². The Bertz CT molecular complexity index is 470. The molecule has 1 aliphatic rings. The van der Waals surface area contributed by atoms with Crippen molar-refractivity contribution < 1.29 is 9.53 Å². The first-order valence-corrected chi connectivity index (χ1v) is 7.84. The minimum Gasteiger partial charge on any atom is -0.491 e. The molecule has 0 radical (unpaired) electrons. The quantitative estimate of drug-likeness (QED) is 0.774. The van der Waals surface area contributed by atoms with E-state index >= 15 is 0 Å². The van der Waals surface area contributed by atoms with Crippen LogP contribution in [0.4, 0.5) is 0 Å². The highest BCUT2D eigenvalue weighted by Gasteiger charge is 2.20. The molecule has 0 spiro atoms. The Balaban J connectivity index is 1.80. The maximum absolute atomic E-state index is 11.9. The second kappa shape index (κ2) is 7.46. The maximum atomic E-state index is 11.9. The lowest BCUT2D eigenvalue weighted by atomic mass is 10.1. The molecule has 0 aromatic heterocycles. The van der Waals surface area contributed by atoms with Crippen LogP contribution >= 0.6 is 0 Å². The van der Waals surface area contributed by atoms with Gasteiger partial charge in [0.15, 0.2) is 0 Å². The van der Waals surface area contributed by atoms with Gasteiger partial charge in [-0.3, -0.25) is 4.79 Å². The molecule has 0 saturated heterocycles. The summed E-state index contributed by atoms with van der Waals surface area (Å²) < 4.78 is 5.69. The fourth-order valence-electron chi connectivity index (χ4n) is 2.20. The number of ether oxygens (including phenoxy) is 1. The van der Waals surface area contributed by atoms with E-state index in [1.165, 1.54) is 12.8 Å². The van der Waals surface area contributed by atoms with Crippen LogP contribution in [-0.2, 0) is 4.79 Å². The van der Waals surface area contributed by atoms with Crippen LogP contribution in [0.2, 0.25) is 0 Å². The zero-order valence-corrected chi connectivity index (χ0v) is 13.2. The molecule has 0 aliphatic heterocycles. The van der Waals surface area contributed by atoms with Crippen molar-refractivity contribution in [1.82, 2.24) is 10.6 Å². The lowest BCUT2D eigenvalue weighted by Gasteiger charge is -2.16. The van der Waals surface area contributed by atoms with Crippen LogP contribution in [0.5, 0.6) is 5.75 Å². The summed E-state index contributed by atoms with van der Waals surface area (Å²) in [5, 5.41) is 6.39. The number of rotatable bonds is 8. The van der Waals surface area contributed by atoms with E-state index in [1.54, 1.807) is 0 Å². The molecule has 0 bridgehead atoms. The van der Waals surface area contributed by atoms with Gasteiger partial charge in [0.05, 0.1) is 12.1 Å². The summed E-state index contributed by atoms with van der Waals surface area (Å²) in [7, 11) is 0. The monoisotopic (exact) mass is 290 g/mol. The summed E-state index contributed by atoms with van der Waals surface area (Å²) in [5.74, 6) is 0.935. The number of nitrogens with one attached hydrogen (secondary N) is 2. The van der Waals surface area contributed by atoms with E-state index in [4.69, 9.17) is 4.74 Å². The second-order valence-electron chi connectivity index (χ2n) is 6.01. The fraction of sp³-hybridized carbons (Fsp3) is 0.588. The Morgan fingerprint density at radius 2 is 2.10 bits per heavy atom. The predicted molar refractivity (Wildman–Crippen MR) is 84.4 cm³/mol. The Labute approximate surface area is 127 Å². The van der Waals surface area contributed by atoms with Crippen LogP contribution in [0.1, 0.15) is 51.6 Å². The lowest BCUT2D eigenvalue weighted by molar-refractivity contribution is -0.121. The Morgan fingerprint density at radius 3 is 2.76 bits per heavy atom. The normalized spacial score (nSPS) is 15.8. The number of carbonyl (C=O) groups excluding carboxylic acids is 1. The summed E-state index contributed by atoms with van der Waals surface area (Å²) >= 11 is 0. The van der Waals surface area contributed by atoms with Gasteiger partial charge in [-0.25, -0.2) is 0 Å². The fourth-order valence-corrected chi connectivity index (χ4v) is 2.20. The van der Waals surface area contributed by atoms with Gasteiger partial charge in [0.2, 0.25) is 5.91 Å². The van der Waals surface area contributed by atoms with E-state index in [9.17, 15) is 4.79 Å². The molecule has 1 saturated carbocycles. The first-order valence-electron chi connectivity index (χ1n) is 7.84. The molecule has 1 atom stereocenters. The largest absolute Gasteiger partial charge is 0.491 e. The third kappa shape index (κ3) is 5.76. The average molecular weight is 290 g/mol. The minimum absolute atomic E-state index is 0.00543. The number of carbonyl (C=O) groups is 1. The molecule has 4 heteroatoms. The summed E-state index contributed by atoms with van der Waals surface area (Å²) in [4.78, 5) is 11.9. The van der Waals surface area contributed by atoms with Crippen molar-refractivity contribution in [2.24, 2.45) is 0 Å². The zero-order valence-electron chi connectivity index (χ0n) is 13.2. The topological polar surface area (TPSA) is 50.4 Å². The molecule has 4 nitrogen and oxygen atoms in total. The van der Waals surface area contributed by atoms with Crippen molar-refractivity contribution in [3.05, 3.63) is 29.8 Å². The number of hydrogen-bond acceptors (Lipinski definition) is 3. The number of amides is 1. The summed E-state index contributed by atoms with van der Waals surface area (Å²) in [5.41, 5.74) is 1.07. The van der Waals surface area contributed by atoms with Gasteiger partial charge in [-0.1, -0.05) is 12.1 Å². The summed E-state index contributed by atoms with van der Waals surface area (Å²) in [6, 6.07) is 8.56. The highest BCUT2D eigenvalue weighted by Crippen LogP contribution is 2.20. The Hall–Kier alpha value is -1.55. The first-order chi connectivity index (χ1) is 10.0. The second-order valence-corrected chi connectivity index (χ2v) is 6.01. The van der Waals surface area contributed by atoms with E-state index in [0.29, 0.717) is 12.5 Å². The lowest BCUT2D eigenvalue weighted by Crippen LogP contribution is -2.30. The molecule has 2 rings (SSSR count). The van der Waals surface area contributed by atoms with Crippen LogP contribution < -0.4 is 15.4 Å². The van der Waals surface area contributed by atoms with Crippen molar-refractivity contribution in [1.29, 1.82) is 0 Å². The first kappa shape index (κ1) is 15.8. The molecule has 1 amide bonds. The van der Waals surface area contributed by atoms with Crippen LogP contribution in [0.15, 0.2) is 24.3 Å². The SMILES string of the molecule is CC(C)Oc1cccc(C(C)NC(=O)CCNC2CC2)c1. The van der Waals surface area contributed by atoms with Crippen LogP contribution in [0.3, 0.4) is 0 Å². The smallest absolute Gasteiger partial charge is 0.221 e. The molecule has 1 aromatic carbocycles. The van der Waals surface area contributed by atoms with Crippen molar-refractivity contribution in [2.75, 3.05) is 6.54 Å². The molecule has 1 unspecified atom stereocenters. The Morgan fingerprint density at radius 1 is 1.33 bits per heavy atom. The molecule has 21 heavy (non-hydrogen) atoms. The molecule has 1 fully saturated rings. The van der Waals surface area contributed by atoms with Gasteiger partial charge in [0.1, 0.15) is 5.75 Å². The standard InChI is InChI=1S/C17H26N2O2/c1-12(2)21-16-6-4-5-14(11-16)13(3)19-17(20)9-10-18-15-7-8-15/h4-6,11-13,15,18H,7-10H2,1-3H3,(H,19,20). The minimum atomic E-state index is -0.00543. The molecular formula is C17H26N2O2. The van der Waals surface area contributed by atoms with Crippen LogP contribution in [0, 0.1) is 0 Å². The van der Waals surface area contributed by atoms with Crippen LogP contribution in [0.25, 0.3) is 0 Å². The number of benzene rings is 1. The molecule has 1 aliphatic carbocycles. The predicted octanol–water partition coefficient (Wildman–Crippen LogP) is 2.79. The molecule has 2 N–H and O–H groups in total. The molecule has 0 heterocycles.